The first-order valence-electron chi connectivity index (χ1n) is 9.93. The van der Waals surface area contributed by atoms with E-state index < -0.39 is 0 Å². The van der Waals surface area contributed by atoms with E-state index >= 15 is 0 Å². The Hall–Kier alpha value is -2.17. The first-order valence-corrected chi connectivity index (χ1v) is 10.3. The highest BCUT2D eigenvalue weighted by Crippen LogP contribution is 2.33. The maximum atomic E-state index is 6.38. The third-order valence-corrected chi connectivity index (χ3v) is 6.17. The summed E-state index contributed by atoms with van der Waals surface area (Å²) in [6.07, 6.45) is 5.20. The van der Waals surface area contributed by atoms with E-state index in [2.05, 4.69) is 42.0 Å². The van der Waals surface area contributed by atoms with Crippen molar-refractivity contribution in [1.29, 1.82) is 0 Å². The average Bonchev–Trinajstić information content (AvgIpc) is 3.25. The van der Waals surface area contributed by atoms with Gasteiger partial charge in [-0.15, -0.1) is 0 Å². The Bertz CT molecular complexity index is 978. The highest BCUT2D eigenvalue weighted by molar-refractivity contribution is 6.31. The fraction of sp³-hybridized carbons (Fsp3) is 0.391. The van der Waals surface area contributed by atoms with Crippen molar-refractivity contribution in [2.75, 3.05) is 6.54 Å². The predicted molar refractivity (Wildman–Crippen MR) is 114 cm³/mol. The van der Waals surface area contributed by atoms with Crippen LogP contribution < -0.4 is 0 Å². The van der Waals surface area contributed by atoms with Gasteiger partial charge in [-0.1, -0.05) is 29.8 Å². The molecule has 5 heteroatoms. The van der Waals surface area contributed by atoms with Crippen molar-refractivity contribution >= 4 is 11.6 Å². The molecule has 2 aromatic heterocycles. The molecular weight excluding hydrogens is 368 g/mol. The summed E-state index contributed by atoms with van der Waals surface area (Å²) in [5.41, 5.74) is 7.24. The van der Waals surface area contributed by atoms with E-state index in [1.807, 2.05) is 36.1 Å². The van der Waals surface area contributed by atoms with Crippen LogP contribution in [0.5, 0.6) is 0 Å². The van der Waals surface area contributed by atoms with Crippen LogP contribution in [0.25, 0.3) is 0 Å². The summed E-state index contributed by atoms with van der Waals surface area (Å²) < 4.78 is 1.95. The number of nitrogens with zero attached hydrogens (tertiary/aromatic N) is 4. The third-order valence-electron chi connectivity index (χ3n) is 5.80. The first kappa shape index (κ1) is 19.2. The number of likely N-dealkylation sites (tertiary alicyclic amines) is 1. The molecule has 0 N–H and O–H groups in total. The quantitative estimate of drug-likeness (QED) is 0.609. The van der Waals surface area contributed by atoms with E-state index in [1.54, 1.807) is 0 Å². The van der Waals surface area contributed by atoms with Crippen LogP contribution in [-0.4, -0.2) is 26.2 Å². The Labute approximate surface area is 172 Å². The molecule has 28 heavy (non-hydrogen) atoms. The molecule has 3 aromatic rings. The van der Waals surface area contributed by atoms with Crippen molar-refractivity contribution in [1.82, 2.24) is 19.7 Å². The fourth-order valence-corrected chi connectivity index (χ4v) is 4.37. The molecule has 1 aliphatic rings. The normalized spacial score (nSPS) is 17.4. The number of hydrogen-bond donors (Lipinski definition) is 0. The largest absolute Gasteiger partial charge is 0.290 e. The molecule has 1 fully saturated rings. The van der Waals surface area contributed by atoms with Crippen molar-refractivity contribution < 1.29 is 0 Å². The van der Waals surface area contributed by atoms with Gasteiger partial charge in [0, 0.05) is 35.6 Å². The molecule has 1 saturated heterocycles. The molecule has 1 aromatic carbocycles. The molecular formula is C23H27ClN4. The summed E-state index contributed by atoms with van der Waals surface area (Å²) >= 11 is 6.38. The molecule has 0 aliphatic carbocycles. The second-order valence-corrected chi connectivity index (χ2v) is 8.22. The van der Waals surface area contributed by atoms with Crippen molar-refractivity contribution in [3.63, 3.8) is 0 Å². The maximum absolute atomic E-state index is 6.38. The smallest absolute Gasteiger partial charge is 0.0581 e. The lowest BCUT2D eigenvalue weighted by Gasteiger charge is -2.24. The highest BCUT2D eigenvalue weighted by Gasteiger charge is 2.28. The molecule has 4 nitrogen and oxygen atoms in total. The number of benzene rings is 1. The zero-order chi connectivity index (χ0) is 19.7. The Morgan fingerprint density at radius 1 is 1.14 bits per heavy atom. The zero-order valence-electron chi connectivity index (χ0n) is 16.8. The van der Waals surface area contributed by atoms with Crippen molar-refractivity contribution in [3.8, 4) is 0 Å². The minimum Gasteiger partial charge on any atom is -0.290 e. The van der Waals surface area contributed by atoms with Crippen molar-refractivity contribution in [3.05, 3.63) is 81.4 Å². The van der Waals surface area contributed by atoms with Gasteiger partial charge in [0.2, 0.25) is 0 Å². The maximum Gasteiger partial charge on any atom is 0.0581 e. The molecule has 0 saturated carbocycles. The number of aryl methyl sites for hydroxylation is 2. The lowest BCUT2D eigenvalue weighted by molar-refractivity contribution is 0.243. The van der Waals surface area contributed by atoms with Crippen LogP contribution in [0.15, 0.2) is 42.6 Å². The van der Waals surface area contributed by atoms with Crippen LogP contribution in [0.3, 0.4) is 0 Å². The Kier molecular flexibility index (Phi) is 5.51. The van der Waals surface area contributed by atoms with Crippen LogP contribution in [0.1, 0.15) is 52.7 Å². The van der Waals surface area contributed by atoms with Gasteiger partial charge in [0.15, 0.2) is 0 Å². The van der Waals surface area contributed by atoms with Gasteiger partial charge < -0.3 is 0 Å². The number of aromatic nitrogens is 3. The molecule has 0 spiro atoms. The SMILES string of the molecule is Cc1cc(Cc2ccccc2Cl)cc([C@@H]2CCCN2Cc2cnn(C)c2C)n1. The summed E-state index contributed by atoms with van der Waals surface area (Å²) in [5.74, 6) is 0. The monoisotopic (exact) mass is 394 g/mol. The van der Waals surface area contributed by atoms with Gasteiger partial charge in [-0.25, -0.2) is 0 Å². The molecule has 0 radical (unpaired) electrons. The van der Waals surface area contributed by atoms with E-state index in [-0.39, 0.29) is 0 Å². The minimum absolute atomic E-state index is 0.365. The number of rotatable bonds is 5. The van der Waals surface area contributed by atoms with Gasteiger partial charge in [-0.3, -0.25) is 14.6 Å². The number of halogens is 1. The van der Waals surface area contributed by atoms with Crippen LogP contribution in [0.4, 0.5) is 0 Å². The molecule has 3 heterocycles. The first-order chi connectivity index (χ1) is 13.5. The molecule has 0 bridgehead atoms. The zero-order valence-corrected chi connectivity index (χ0v) is 17.6. The van der Waals surface area contributed by atoms with E-state index in [0.29, 0.717) is 6.04 Å². The molecule has 0 unspecified atom stereocenters. The van der Waals surface area contributed by atoms with E-state index in [9.17, 15) is 0 Å². The van der Waals surface area contributed by atoms with Gasteiger partial charge >= 0.3 is 0 Å². The van der Waals surface area contributed by atoms with Crippen LogP contribution in [0, 0.1) is 13.8 Å². The summed E-state index contributed by atoms with van der Waals surface area (Å²) in [6.45, 7) is 6.26. The standard InChI is InChI=1S/C23H27ClN4/c1-16-11-18(12-19-7-4-5-8-21(19)24)13-22(26-16)23-9-6-10-28(23)15-20-14-25-27(3)17(20)2/h4-5,7-8,11,13-14,23H,6,9-10,12,15H2,1-3H3/t23-/m0/s1. The van der Waals surface area contributed by atoms with E-state index in [0.717, 1.165) is 42.2 Å². The third kappa shape index (κ3) is 3.98. The lowest BCUT2D eigenvalue weighted by atomic mass is 10.0. The predicted octanol–water partition coefficient (Wildman–Crippen LogP) is 5.01. The second kappa shape index (κ2) is 8.06. The lowest BCUT2D eigenvalue weighted by Crippen LogP contribution is -2.24. The van der Waals surface area contributed by atoms with Gasteiger partial charge in [-0.05, 0) is 69.0 Å². The average molecular weight is 395 g/mol. The van der Waals surface area contributed by atoms with Crippen molar-refractivity contribution in [2.24, 2.45) is 7.05 Å². The Morgan fingerprint density at radius 3 is 2.71 bits per heavy atom. The Morgan fingerprint density at radius 2 is 1.96 bits per heavy atom. The summed E-state index contributed by atoms with van der Waals surface area (Å²) in [7, 11) is 2.00. The molecule has 0 amide bonds. The number of hydrogen-bond acceptors (Lipinski definition) is 3. The van der Waals surface area contributed by atoms with Gasteiger partial charge in [0.1, 0.15) is 0 Å². The molecule has 4 rings (SSSR count). The Balaban J connectivity index is 1.58. The second-order valence-electron chi connectivity index (χ2n) is 7.82. The fourth-order valence-electron chi connectivity index (χ4n) is 4.17. The van der Waals surface area contributed by atoms with Crippen LogP contribution in [0.2, 0.25) is 5.02 Å². The molecule has 1 atom stereocenters. The molecule has 1 aliphatic heterocycles. The summed E-state index contributed by atoms with van der Waals surface area (Å²) in [4.78, 5) is 7.45. The molecule has 146 valence electrons. The van der Waals surface area contributed by atoms with Gasteiger partial charge in [0.05, 0.1) is 17.9 Å². The highest BCUT2D eigenvalue weighted by atomic mass is 35.5. The topological polar surface area (TPSA) is 34.0 Å². The van der Waals surface area contributed by atoms with Gasteiger partial charge in [0.25, 0.3) is 0 Å². The minimum atomic E-state index is 0.365. The van der Waals surface area contributed by atoms with Crippen LogP contribution in [-0.2, 0) is 20.0 Å². The summed E-state index contributed by atoms with van der Waals surface area (Å²) in [5, 5.41) is 5.23. The van der Waals surface area contributed by atoms with E-state index in [1.165, 1.54) is 28.9 Å². The number of pyridine rings is 1. The van der Waals surface area contributed by atoms with Gasteiger partial charge in [-0.2, -0.15) is 5.10 Å². The van der Waals surface area contributed by atoms with E-state index in [4.69, 9.17) is 16.6 Å². The van der Waals surface area contributed by atoms with Crippen molar-refractivity contribution in [2.45, 2.75) is 45.7 Å². The summed E-state index contributed by atoms with van der Waals surface area (Å²) in [6, 6.07) is 12.9. The van der Waals surface area contributed by atoms with Crippen LogP contribution >= 0.6 is 11.6 Å².